The Morgan fingerprint density at radius 3 is 2.95 bits per heavy atom. The first-order valence-corrected chi connectivity index (χ1v) is 7.10. The molecule has 0 amide bonds. The van der Waals surface area contributed by atoms with E-state index in [0.29, 0.717) is 13.2 Å². The third-order valence-corrected chi connectivity index (χ3v) is 3.70. The molecule has 4 heteroatoms. The van der Waals surface area contributed by atoms with E-state index < -0.39 is 0 Å². The lowest BCUT2D eigenvalue weighted by atomic mass is 10.2. The second-order valence-corrected chi connectivity index (χ2v) is 5.40. The Balaban J connectivity index is 2.08. The average Bonchev–Trinajstić information content (AvgIpc) is 2.83. The van der Waals surface area contributed by atoms with E-state index in [1.165, 1.54) is 0 Å². The molecular formula is C15H14ClNOS. The molecule has 0 saturated heterocycles. The van der Waals surface area contributed by atoms with Crippen molar-refractivity contribution in [3.8, 4) is 17.6 Å². The van der Waals surface area contributed by atoms with Crippen LogP contribution in [0.4, 0.5) is 0 Å². The molecule has 1 heterocycles. The zero-order chi connectivity index (χ0) is 13.7. The van der Waals surface area contributed by atoms with Crippen molar-refractivity contribution < 1.29 is 4.74 Å². The van der Waals surface area contributed by atoms with Gasteiger partial charge in [-0.25, -0.2) is 0 Å². The predicted octanol–water partition coefficient (Wildman–Crippen LogP) is 3.60. The van der Waals surface area contributed by atoms with E-state index in [9.17, 15) is 0 Å². The van der Waals surface area contributed by atoms with Gasteiger partial charge in [0.15, 0.2) is 0 Å². The molecule has 0 bridgehead atoms. The molecule has 98 valence electrons. The van der Waals surface area contributed by atoms with Crippen LogP contribution in [0, 0.1) is 18.8 Å². The molecule has 2 aromatic rings. The molecule has 0 atom stereocenters. The molecule has 19 heavy (non-hydrogen) atoms. The highest BCUT2D eigenvalue weighted by molar-refractivity contribution is 7.10. The van der Waals surface area contributed by atoms with E-state index in [4.69, 9.17) is 22.1 Å². The smallest absolute Gasteiger partial charge is 0.124 e. The molecule has 2 rings (SSSR count). The van der Waals surface area contributed by atoms with E-state index in [0.717, 1.165) is 26.8 Å². The van der Waals surface area contributed by atoms with E-state index in [1.807, 2.05) is 36.6 Å². The van der Waals surface area contributed by atoms with Crippen molar-refractivity contribution in [1.29, 1.82) is 0 Å². The summed E-state index contributed by atoms with van der Waals surface area (Å²) in [5.74, 6) is 6.75. The number of benzene rings is 1. The maximum atomic E-state index is 5.92. The normalized spacial score (nSPS) is 9.84. The van der Waals surface area contributed by atoms with Gasteiger partial charge in [-0.3, -0.25) is 0 Å². The van der Waals surface area contributed by atoms with Crippen molar-refractivity contribution >= 4 is 22.9 Å². The maximum absolute atomic E-state index is 5.92. The summed E-state index contributed by atoms with van der Waals surface area (Å²) >= 11 is 7.55. The summed E-state index contributed by atoms with van der Waals surface area (Å²) < 4.78 is 5.81. The summed E-state index contributed by atoms with van der Waals surface area (Å²) in [7, 11) is 0. The SMILES string of the molecule is Cc1cc(Cl)ccc1OCc1sccc1C#CCN. The monoisotopic (exact) mass is 291 g/mol. The number of hydrogen-bond donors (Lipinski definition) is 1. The van der Waals surface area contributed by atoms with Crippen molar-refractivity contribution in [1.82, 2.24) is 0 Å². The average molecular weight is 292 g/mol. The number of hydrogen-bond acceptors (Lipinski definition) is 3. The highest BCUT2D eigenvalue weighted by atomic mass is 35.5. The molecule has 0 saturated carbocycles. The van der Waals surface area contributed by atoms with Gasteiger partial charge in [0.25, 0.3) is 0 Å². The van der Waals surface area contributed by atoms with Crippen LogP contribution < -0.4 is 10.5 Å². The van der Waals surface area contributed by atoms with Crippen molar-refractivity contribution in [2.24, 2.45) is 5.73 Å². The van der Waals surface area contributed by atoms with Crippen LogP contribution in [0.1, 0.15) is 16.0 Å². The standard InChI is InChI=1S/C15H14ClNOS/c1-11-9-13(16)4-5-14(11)18-10-15-12(3-2-7-17)6-8-19-15/h4-6,8-9H,7,10,17H2,1H3. The van der Waals surface area contributed by atoms with Gasteiger partial charge < -0.3 is 10.5 Å². The van der Waals surface area contributed by atoms with E-state index in [1.54, 1.807) is 11.3 Å². The van der Waals surface area contributed by atoms with Crippen molar-refractivity contribution in [3.05, 3.63) is 50.7 Å². The van der Waals surface area contributed by atoms with Crippen LogP contribution in [0.25, 0.3) is 0 Å². The lowest BCUT2D eigenvalue weighted by Crippen LogP contribution is -1.97. The molecule has 1 aromatic carbocycles. The predicted molar refractivity (Wildman–Crippen MR) is 80.8 cm³/mol. The first-order chi connectivity index (χ1) is 9.20. The molecule has 2 nitrogen and oxygen atoms in total. The molecule has 0 spiro atoms. The Kier molecular flexibility index (Phi) is 4.86. The fraction of sp³-hybridized carbons (Fsp3) is 0.200. The molecular weight excluding hydrogens is 278 g/mol. The molecule has 0 aliphatic rings. The third kappa shape index (κ3) is 3.74. The Morgan fingerprint density at radius 2 is 2.21 bits per heavy atom. The minimum atomic E-state index is 0.367. The molecule has 2 N–H and O–H groups in total. The van der Waals surface area contributed by atoms with Gasteiger partial charge in [-0.15, -0.1) is 11.3 Å². The summed E-state index contributed by atoms with van der Waals surface area (Å²) in [6.45, 7) is 2.85. The molecule has 0 aliphatic heterocycles. The van der Waals surface area contributed by atoms with Gasteiger partial charge in [0.1, 0.15) is 12.4 Å². The largest absolute Gasteiger partial charge is 0.488 e. The number of rotatable bonds is 3. The van der Waals surface area contributed by atoms with Crippen LogP contribution in [-0.4, -0.2) is 6.54 Å². The lowest BCUT2D eigenvalue weighted by Gasteiger charge is -2.08. The first kappa shape index (κ1) is 14.0. The van der Waals surface area contributed by atoms with E-state index >= 15 is 0 Å². The van der Waals surface area contributed by atoms with Crippen molar-refractivity contribution in [3.63, 3.8) is 0 Å². The van der Waals surface area contributed by atoms with Gasteiger partial charge in [-0.2, -0.15) is 0 Å². The maximum Gasteiger partial charge on any atom is 0.124 e. The highest BCUT2D eigenvalue weighted by Gasteiger charge is 2.05. The number of halogens is 1. The van der Waals surface area contributed by atoms with Crippen LogP contribution >= 0.6 is 22.9 Å². The number of ether oxygens (including phenoxy) is 1. The van der Waals surface area contributed by atoms with Crippen molar-refractivity contribution in [2.45, 2.75) is 13.5 Å². The Bertz CT molecular complexity index is 625. The summed E-state index contributed by atoms with van der Waals surface area (Å²) in [6.07, 6.45) is 0. The Hall–Kier alpha value is -1.47. The fourth-order valence-electron chi connectivity index (χ4n) is 1.63. The van der Waals surface area contributed by atoms with Crippen LogP contribution in [0.3, 0.4) is 0 Å². The van der Waals surface area contributed by atoms with Gasteiger partial charge in [0.2, 0.25) is 0 Å². The van der Waals surface area contributed by atoms with Crippen LogP contribution in [-0.2, 0) is 6.61 Å². The van der Waals surface area contributed by atoms with Crippen LogP contribution in [0.15, 0.2) is 29.6 Å². The summed E-state index contributed by atoms with van der Waals surface area (Å²) in [5, 5.41) is 2.73. The molecule has 1 aromatic heterocycles. The summed E-state index contributed by atoms with van der Waals surface area (Å²) in [5.41, 5.74) is 7.39. The number of nitrogens with two attached hydrogens (primary N) is 1. The van der Waals surface area contributed by atoms with Gasteiger partial charge in [-0.1, -0.05) is 23.4 Å². The minimum absolute atomic E-state index is 0.367. The lowest BCUT2D eigenvalue weighted by molar-refractivity contribution is 0.307. The number of aryl methyl sites for hydroxylation is 1. The second-order valence-electron chi connectivity index (χ2n) is 3.96. The summed E-state index contributed by atoms with van der Waals surface area (Å²) in [4.78, 5) is 1.11. The topological polar surface area (TPSA) is 35.2 Å². The molecule has 0 unspecified atom stereocenters. The fourth-order valence-corrected chi connectivity index (χ4v) is 2.60. The minimum Gasteiger partial charge on any atom is -0.488 e. The van der Waals surface area contributed by atoms with Crippen molar-refractivity contribution in [2.75, 3.05) is 6.54 Å². The zero-order valence-corrected chi connectivity index (χ0v) is 12.1. The Labute approximate surface area is 122 Å². The van der Waals surface area contributed by atoms with Crippen LogP contribution in [0.5, 0.6) is 5.75 Å². The first-order valence-electron chi connectivity index (χ1n) is 5.85. The molecule has 0 aliphatic carbocycles. The Morgan fingerprint density at radius 1 is 1.37 bits per heavy atom. The highest BCUT2D eigenvalue weighted by Crippen LogP contribution is 2.24. The number of thiophene rings is 1. The third-order valence-electron chi connectivity index (χ3n) is 2.57. The van der Waals surface area contributed by atoms with E-state index in [-0.39, 0.29) is 0 Å². The van der Waals surface area contributed by atoms with Gasteiger partial charge in [0, 0.05) is 10.6 Å². The van der Waals surface area contributed by atoms with Crippen LogP contribution in [0.2, 0.25) is 5.02 Å². The van der Waals surface area contributed by atoms with E-state index in [2.05, 4.69) is 11.8 Å². The molecule has 0 fully saturated rings. The van der Waals surface area contributed by atoms with Gasteiger partial charge in [0.05, 0.1) is 11.4 Å². The quantitative estimate of drug-likeness (QED) is 0.877. The van der Waals surface area contributed by atoms with Gasteiger partial charge >= 0.3 is 0 Å². The van der Waals surface area contributed by atoms with Gasteiger partial charge in [-0.05, 0) is 42.1 Å². The molecule has 0 radical (unpaired) electrons. The second kappa shape index (κ2) is 6.63. The zero-order valence-electron chi connectivity index (χ0n) is 10.6. The summed E-state index contributed by atoms with van der Waals surface area (Å²) in [6, 6.07) is 7.59.